The van der Waals surface area contributed by atoms with Gasteiger partial charge in [-0.3, -0.25) is 18.7 Å². The molecule has 6 rings (SSSR count). The number of benzene rings is 3. The third kappa shape index (κ3) is 5.47. The SMILES string of the molecule is O=C(Cc1ccccc1)N[C@@H]1C(=O)N2C(C(=O)OC(c3ccccc3)c3ccccc3)=C(C3CCCO3)C[S@](=O)[C@H]12. The summed E-state index contributed by atoms with van der Waals surface area (Å²) in [5.74, 6) is -1.45. The number of hydrogen-bond acceptors (Lipinski definition) is 6. The van der Waals surface area contributed by atoms with Crippen LogP contribution in [0.3, 0.4) is 0 Å². The van der Waals surface area contributed by atoms with Crippen LogP contribution in [0.2, 0.25) is 0 Å². The molecule has 0 bridgehead atoms. The molecule has 2 amide bonds. The fraction of sp³-hybridized carbons (Fsp3) is 0.281. The highest BCUT2D eigenvalue weighted by Gasteiger charge is 2.58. The molecule has 1 N–H and O–H groups in total. The van der Waals surface area contributed by atoms with Crippen LogP contribution in [0.4, 0.5) is 0 Å². The zero-order valence-electron chi connectivity index (χ0n) is 22.3. The molecule has 0 radical (unpaired) electrons. The number of ether oxygens (including phenoxy) is 2. The number of rotatable bonds is 8. The molecule has 41 heavy (non-hydrogen) atoms. The quantitative estimate of drug-likeness (QED) is 0.329. The summed E-state index contributed by atoms with van der Waals surface area (Å²) in [5, 5.41) is 1.89. The normalized spacial score (nSPS) is 23.6. The maximum Gasteiger partial charge on any atom is 0.356 e. The van der Waals surface area contributed by atoms with Crippen LogP contribution in [0, 0.1) is 0 Å². The summed E-state index contributed by atoms with van der Waals surface area (Å²) in [7, 11) is -1.55. The topological polar surface area (TPSA) is 102 Å². The first-order chi connectivity index (χ1) is 20.0. The molecule has 0 spiro atoms. The van der Waals surface area contributed by atoms with Crippen LogP contribution in [0.15, 0.2) is 102 Å². The molecule has 3 aromatic carbocycles. The van der Waals surface area contributed by atoms with E-state index in [1.807, 2.05) is 91.0 Å². The summed E-state index contributed by atoms with van der Waals surface area (Å²) >= 11 is 0. The summed E-state index contributed by atoms with van der Waals surface area (Å²) in [6, 6.07) is 27.0. The van der Waals surface area contributed by atoms with Gasteiger partial charge in [-0.2, -0.15) is 0 Å². The molecule has 3 aromatic rings. The fourth-order valence-corrected chi connectivity index (χ4v) is 7.38. The lowest BCUT2D eigenvalue weighted by Crippen LogP contribution is -2.74. The highest BCUT2D eigenvalue weighted by molar-refractivity contribution is 7.86. The minimum atomic E-state index is -1.55. The van der Waals surface area contributed by atoms with Crippen LogP contribution in [-0.2, 0) is 41.1 Å². The number of nitrogens with one attached hydrogen (secondary N) is 1. The van der Waals surface area contributed by atoms with Gasteiger partial charge in [0.1, 0.15) is 17.1 Å². The van der Waals surface area contributed by atoms with Gasteiger partial charge in [0.2, 0.25) is 5.91 Å². The number of β-lactam (4-membered cyclic amide) rings is 1. The summed E-state index contributed by atoms with van der Waals surface area (Å²) in [6.45, 7) is 0.523. The lowest BCUT2D eigenvalue weighted by Gasteiger charge is -2.49. The molecule has 4 atom stereocenters. The number of nitrogens with zero attached hydrogens (tertiary/aromatic N) is 1. The Hall–Kier alpha value is -4.08. The average Bonchev–Trinajstić information content (AvgIpc) is 3.54. The van der Waals surface area contributed by atoms with Gasteiger partial charge >= 0.3 is 5.97 Å². The van der Waals surface area contributed by atoms with Gasteiger partial charge in [-0.1, -0.05) is 91.0 Å². The zero-order chi connectivity index (χ0) is 28.3. The largest absolute Gasteiger partial charge is 0.448 e. The van der Waals surface area contributed by atoms with Crippen LogP contribution in [0.5, 0.6) is 0 Å². The van der Waals surface area contributed by atoms with Crippen molar-refractivity contribution in [2.24, 2.45) is 0 Å². The molecule has 210 valence electrons. The highest BCUT2D eigenvalue weighted by atomic mass is 32.2. The molecule has 9 heteroatoms. The Morgan fingerprint density at radius 2 is 1.56 bits per heavy atom. The first kappa shape index (κ1) is 27.1. The van der Waals surface area contributed by atoms with E-state index in [4.69, 9.17) is 9.47 Å². The Bertz CT molecular complexity index is 1450. The van der Waals surface area contributed by atoms with Crippen LogP contribution in [-0.4, -0.2) is 56.8 Å². The van der Waals surface area contributed by atoms with Crippen molar-refractivity contribution in [1.29, 1.82) is 0 Å². The molecular weight excluding hydrogens is 540 g/mol. The second-order valence-corrected chi connectivity index (χ2v) is 11.8. The highest BCUT2D eigenvalue weighted by Crippen LogP contribution is 2.40. The Labute approximate surface area is 240 Å². The van der Waals surface area contributed by atoms with E-state index in [-0.39, 0.29) is 23.8 Å². The van der Waals surface area contributed by atoms with Crippen LogP contribution >= 0.6 is 0 Å². The van der Waals surface area contributed by atoms with Crippen molar-refractivity contribution in [2.45, 2.75) is 42.9 Å². The van der Waals surface area contributed by atoms with Crippen LogP contribution in [0.1, 0.15) is 35.6 Å². The monoisotopic (exact) mass is 570 g/mol. The van der Waals surface area contributed by atoms with E-state index in [1.54, 1.807) is 0 Å². The van der Waals surface area contributed by atoms with Crippen molar-refractivity contribution in [3.8, 4) is 0 Å². The Balaban J connectivity index is 1.29. The van der Waals surface area contributed by atoms with Crippen LogP contribution in [0.25, 0.3) is 0 Å². The molecule has 0 aromatic heterocycles. The van der Waals surface area contributed by atoms with E-state index < -0.39 is 46.3 Å². The van der Waals surface area contributed by atoms with Crippen molar-refractivity contribution in [3.63, 3.8) is 0 Å². The molecular formula is C32H30N2O6S. The van der Waals surface area contributed by atoms with E-state index in [9.17, 15) is 18.6 Å². The third-order valence-corrected chi connectivity index (χ3v) is 9.24. The fourth-order valence-electron chi connectivity index (χ4n) is 5.65. The van der Waals surface area contributed by atoms with E-state index in [0.717, 1.165) is 23.1 Å². The number of carbonyl (C=O) groups excluding carboxylic acids is 3. The first-order valence-corrected chi connectivity index (χ1v) is 15.1. The lowest BCUT2D eigenvalue weighted by atomic mass is 9.98. The average molecular weight is 571 g/mol. The Kier molecular flexibility index (Phi) is 7.80. The number of esters is 1. The molecule has 2 saturated heterocycles. The smallest absolute Gasteiger partial charge is 0.356 e. The molecule has 0 aliphatic carbocycles. The molecule has 1 unspecified atom stereocenters. The van der Waals surface area contributed by atoms with Crippen molar-refractivity contribution in [3.05, 3.63) is 119 Å². The summed E-state index contributed by atoms with van der Waals surface area (Å²) < 4.78 is 25.5. The second kappa shape index (κ2) is 11.8. The van der Waals surface area contributed by atoms with Gasteiger partial charge in [-0.05, 0) is 29.5 Å². The Morgan fingerprint density at radius 3 is 2.15 bits per heavy atom. The van der Waals surface area contributed by atoms with Gasteiger partial charge in [0, 0.05) is 12.2 Å². The minimum Gasteiger partial charge on any atom is -0.448 e. The molecule has 3 aliphatic rings. The molecule has 3 aliphatic heterocycles. The maximum absolute atomic E-state index is 14.0. The van der Waals surface area contributed by atoms with E-state index in [2.05, 4.69) is 5.32 Å². The van der Waals surface area contributed by atoms with E-state index in [0.29, 0.717) is 18.6 Å². The maximum atomic E-state index is 14.0. The number of fused-ring (bicyclic) bond motifs is 1. The molecule has 8 nitrogen and oxygen atoms in total. The van der Waals surface area contributed by atoms with Crippen molar-refractivity contribution < 1.29 is 28.1 Å². The zero-order valence-corrected chi connectivity index (χ0v) is 23.1. The Morgan fingerprint density at radius 1 is 0.951 bits per heavy atom. The standard InChI is InChI=1S/C32H30N2O6S/c35-26(19-21-11-4-1-5-12-21)33-27-30(36)34-28(24(20-41(38)31(27)34)25-17-10-18-39-25)32(37)40-29(22-13-6-2-7-14-22)23-15-8-3-9-16-23/h1-9,11-16,25,27,29,31H,10,17-20H2,(H,33,35)/t25?,27-,31-,41+/m1/s1. The predicted molar refractivity (Wildman–Crippen MR) is 153 cm³/mol. The first-order valence-electron chi connectivity index (χ1n) is 13.7. The van der Waals surface area contributed by atoms with Gasteiger partial charge in [0.05, 0.1) is 29.1 Å². The van der Waals surface area contributed by atoms with Gasteiger partial charge in [-0.25, -0.2) is 4.79 Å². The van der Waals surface area contributed by atoms with Gasteiger partial charge in [0.15, 0.2) is 6.10 Å². The molecule has 2 fully saturated rings. The number of amides is 2. The summed E-state index contributed by atoms with van der Waals surface area (Å²) in [6.07, 6.45) is 0.412. The predicted octanol–water partition coefficient (Wildman–Crippen LogP) is 3.41. The number of carbonyl (C=O) groups is 3. The minimum absolute atomic E-state index is 0.0654. The summed E-state index contributed by atoms with van der Waals surface area (Å²) in [5.41, 5.74) is 2.96. The van der Waals surface area contributed by atoms with Crippen molar-refractivity contribution in [2.75, 3.05) is 12.4 Å². The molecule has 3 heterocycles. The van der Waals surface area contributed by atoms with Gasteiger partial charge in [-0.15, -0.1) is 0 Å². The summed E-state index contributed by atoms with van der Waals surface area (Å²) in [4.78, 5) is 41.6. The van der Waals surface area contributed by atoms with Crippen LogP contribution < -0.4 is 5.32 Å². The van der Waals surface area contributed by atoms with Crippen molar-refractivity contribution >= 4 is 28.6 Å². The number of hydrogen-bond donors (Lipinski definition) is 1. The molecule has 0 saturated carbocycles. The van der Waals surface area contributed by atoms with E-state index >= 15 is 0 Å². The van der Waals surface area contributed by atoms with Gasteiger partial charge in [0.25, 0.3) is 5.91 Å². The lowest BCUT2D eigenvalue weighted by molar-refractivity contribution is -0.155. The second-order valence-electron chi connectivity index (χ2n) is 10.3. The third-order valence-electron chi connectivity index (χ3n) is 7.62. The van der Waals surface area contributed by atoms with Gasteiger partial charge < -0.3 is 14.8 Å². The van der Waals surface area contributed by atoms with E-state index in [1.165, 1.54) is 4.90 Å². The van der Waals surface area contributed by atoms with Crippen molar-refractivity contribution in [1.82, 2.24) is 10.2 Å².